The lowest BCUT2D eigenvalue weighted by atomic mass is 10.3. The summed E-state index contributed by atoms with van der Waals surface area (Å²) in [6.07, 6.45) is 1.53. The summed E-state index contributed by atoms with van der Waals surface area (Å²) >= 11 is 1.44. The number of benzene rings is 2. The molecular formula is C17H12F2N2OS. The van der Waals surface area contributed by atoms with E-state index in [0.29, 0.717) is 5.75 Å². The van der Waals surface area contributed by atoms with Crippen molar-refractivity contribution < 1.29 is 13.5 Å². The van der Waals surface area contributed by atoms with Crippen LogP contribution in [0.15, 0.2) is 65.1 Å². The Kier molecular flexibility index (Phi) is 4.63. The average molecular weight is 330 g/mol. The van der Waals surface area contributed by atoms with Gasteiger partial charge >= 0.3 is 0 Å². The lowest BCUT2D eigenvalue weighted by Crippen LogP contribution is -1.94. The van der Waals surface area contributed by atoms with Crippen LogP contribution in [-0.2, 0) is 0 Å². The summed E-state index contributed by atoms with van der Waals surface area (Å²) in [6.45, 7) is 0. The van der Waals surface area contributed by atoms with Crippen molar-refractivity contribution in [2.45, 2.75) is 0 Å². The molecule has 0 bridgehead atoms. The highest BCUT2D eigenvalue weighted by molar-refractivity contribution is 7.12. The number of para-hydroxylation sites is 1. The van der Waals surface area contributed by atoms with Crippen LogP contribution in [0.3, 0.4) is 0 Å². The number of halogens is 2. The Morgan fingerprint density at radius 1 is 1.04 bits per heavy atom. The van der Waals surface area contributed by atoms with Gasteiger partial charge in [-0.15, -0.1) is 11.3 Å². The van der Waals surface area contributed by atoms with E-state index in [4.69, 9.17) is 4.74 Å². The van der Waals surface area contributed by atoms with Crippen molar-refractivity contribution >= 4 is 23.2 Å². The molecule has 6 heteroatoms. The van der Waals surface area contributed by atoms with Crippen LogP contribution in [0.2, 0.25) is 0 Å². The van der Waals surface area contributed by atoms with Gasteiger partial charge in [-0.3, -0.25) is 5.43 Å². The number of hydrogen-bond donors (Lipinski definition) is 1. The molecular weight excluding hydrogens is 318 g/mol. The van der Waals surface area contributed by atoms with Gasteiger partial charge in [0.05, 0.1) is 16.8 Å². The Morgan fingerprint density at radius 2 is 1.87 bits per heavy atom. The molecule has 3 aromatic rings. The standard InChI is InChI=1S/C17H12F2N2OS/c18-12-6-7-15(14(19)10-12)21-20-11-17-16(8-9-23-17)22-13-4-2-1-3-5-13/h1-11,21H/b20-11-. The highest BCUT2D eigenvalue weighted by Gasteiger charge is 2.05. The molecule has 0 saturated carbocycles. The van der Waals surface area contributed by atoms with Gasteiger partial charge in [-0.25, -0.2) is 8.78 Å². The maximum atomic E-state index is 13.5. The van der Waals surface area contributed by atoms with Crippen molar-refractivity contribution in [2.24, 2.45) is 5.10 Å². The van der Waals surface area contributed by atoms with Crippen molar-refractivity contribution in [3.05, 3.63) is 76.5 Å². The molecule has 1 aromatic heterocycles. The molecule has 0 radical (unpaired) electrons. The van der Waals surface area contributed by atoms with Gasteiger partial charge in [0.2, 0.25) is 0 Å². The Balaban J connectivity index is 1.70. The number of nitrogens with one attached hydrogen (secondary N) is 1. The molecule has 23 heavy (non-hydrogen) atoms. The number of rotatable bonds is 5. The van der Waals surface area contributed by atoms with Crippen LogP contribution in [-0.4, -0.2) is 6.21 Å². The minimum Gasteiger partial charge on any atom is -0.456 e. The third-order valence-corrected chi connectivity index (χ3v) is 3.76. The summed E-state index contributed by atoms with van der Waals surface area (Å²) in [5.74, 6) is 0.0485. The molecule has 0 aliphatic rings. The van der Waals surface area contributed by atoms with E-state index in [1.165, 1.54) is 23.6 Å². The van der Waals surface area contributed by atoms with Crippen LogP contribution in [0.4, 0.5) is 14.5 Å². The molecule has 2 aromatic carbocycles. The highest BCUT2D eigenvalue weighted by Crippen LogP contribution is 2.28. The minimum atomic E-state index is -0.700. The third-order valence-electron chi connectivity index (χ3n) is 2.93. The van der Waals surface area contributed by atoms with Crippen LogP contribution in [0.5, 0.6) is 11.5 Å². The van der Waals surface area contributed by atoms with Gasteiger partial charge in [-0.1, -0.05) is 18.2 Å². The summed E-state index contributed by atoms with van der Waals surface area (Å²) in [4.78, 5) is 0.781. The van der Waals surface area contributed by atoms with Gasteiger partial charge in [-0.05, 0) is 35.7 Å². The van der Waals surface area contributed by atoms with Crippen molar-refractivity contribution in [2.75, 3.05) is 5.43 Å². The van der Waals surface area contributed by atoms with Gasteiger partial charge in [0.25, 0.3) is 0 Å². The zero-order valence-corrected chi connectivity index (χ0v) is 12.7. The second-order valence-electron chi connectivity index (χ2n) is 4.56. The van der Waals surface area contributed by atoms with Gasteiger partial charge in [-0.2, -0.15) is 5.10 Å². The Labute approximate surface area is 135 Å². The molecule has 0 fully saturated rings. The van der Waals surface area contributed by atoms with E-state index in [1.54, 1.807) is 0 Å². The fraction of sp³-hybridized carbons (Fsp3) is 0. The average Bonchev–Trinajstić information content (AvgIpc) is 2.98. The summed E-state index contributed by atoms with van der Waals surface area (Å²) in [7, 11) is 0. The first-order valence-corrected chi connectivity index (χ1v) is 7.65. The quantitative estimate of drug-likeness (QED) is 0.511. The van der Waals surface area contributed by atoms with E-state index >= 15 is 0 Å². The molecule has 0 unspecified atom stereocenters. The van der Waals surface area contributed by atoms with E-state index in [9.17, 15) is 8.78 Å². The number of thiophene rings is 1. The molecule has 0 aliphatic heterocycles. The number of hydrogen-bond acceptors (Lipinski definition) is 4. The van der Waals surface area contributed by atoms with Crippen LogP contribution < -0.4 is 10.2 Å². The smallest absolute Gasteiger partial charge is 0.151 e. The Morgan fingerprint density at radius 3 is 2.65 bits per heavy atom. The fourth-order valence-electron chi connectivity index (χ4n) is 1.84. The summed E-state index contributed by atoms with van der Waals surface area (Å²) in [5, 5.41) is 5.84. The van der Waals surface area contributed by atoms with E-state index in [1.807, 2.05) is 41.8 Å². The van der Waals surface area contributed by atoms with E-state index in [2.05, 4.69) is 10.5 Å². The first-order valence-electron chi connectivity index (χ1n) is 6.77. The zero-order chi connectivity index (χ0) is 16.1. The Bertz CT molecular complexity index is 818. The zero-order valence-electron chi connectivity index (χ0n) is 11.9. The predicted molar refractivity (Wildman–Crippen MR) is 88.4 cm³/mol. The minimum absolute atomic E-state index is 0.102. The van der Waals surface area contributed by atoms with Crippen LogP contribution in [0, 0.1) is 11.6 Å². The number of nitrogens with zero attached hydrogens (tertiary/aromatic N) is 1. The van der Waals surface area contributed by atoms with Crippen LogP contribution in [0.1, 0.15) is 4.88 Å². The lowest BCUT2D eigenvalue weighted by Gasteiger charge is -2.04. The number of hydrazone groups is 1. The van der Waals surface area contributed by atoms with Crippen molar-refractivity contribution in [1.82, 2.24) is 0 Å². The normalized spacial score (nSPS) is 10.9. The monoisotopic (exact) mass is 330 g/mol. The second-order valence-corrected chi connectivity index (χ2v) is 5.51. The fourth-order valence-corrected chi connectivity index (χ4v) is 2.52. The number of anilines is 1. The SMILES string of the molecule is Fc1ccc(N/N=C\c2sccc2Oc2ccccc2)c(F)c1. The largest absolute Gasteiger partial charge is 0.456 e. The summed E-state index contributed by atoms with van der Waals surface area (Å²) < 4.78 is 32.1. The molecule has 1 N–H and O–H groups in total. The van der Waals surface area contributed by atoms with Crippen molar-refractivity contribution in [3.63, 3.8) is 0 Å². The molecule has 0 saturated heterocycles. The molecule has 0 atom stereocenters. The Hall–Kier alpha value is -2.73. The van der Waals surface area contributed by atoms with Gasteiger partial charge in [0, 0.05) is 6.07 Å². The molecule has 3 nitrogen and oxygen atoms in total. The second kappa shape index (κ2) is 7.02. The number of ether oxygens (including phenoxy) is 1. The van der Waals surface area contributed by atoms with Gasteiger partial charge < -0.3 is 4.74 Å². The van der Waals surface area contributed by atoms with Gasteiger partial charge in [0.15, 0.2) is 5.82 Å². The first kappa shape index (κ1) is 15.2. The molecule has 3 rings (SSSR count). The molecule has 1 heterocycles. The topological polar surface area (TPSA) is 33.6 Å². The molecule has 0 aliphatic carbocycles. The highest BCUT2D eigenvalue weighted by atomic mass is 32.1. The predicted octanol–water partition coefficient (Wildman–Crippen LogP) is 5.26. The van der Waals surface area contributed by atoms with E-state index in [-0.39, 0.29) is 5.69 Å². The van der Waals surface area contributed by atoms with E-state index < -0.39 is 11.6 Å². The summed E-state index contributed by atoms with van der Waals surface area (Å²) in [6, 6.07) is 14.5. The molecule has 0 amide bonds. The van der Waals surface area contributed by atoms with Crippen LogP contribution in [0.25, 0.3) is 0 Å². The molecule has 116 valence electrons. The maximum absolute atomic E-state index is 13.5. The first-order chi connectivity index (χ1) is 11.2. The van der Waals surface area contributed by atoms with Crippen LogP contribution >= 0.6 is 11.3 Å². The van der Waals surface area contributed by atoms with Crippen molar-refractivity contribution in [3.8, 4) is 11.5 Å². The molecule has 0 spiro atoms. The van der Waals surface area contributed by atoms with E-state index in [0.717, 1.165) is 22.8 Å². The summed E-state index contributed by atoms with van der Waals surface area (Å²) in [5.41, 5.74) is 2.65. The lowest BCUT2D eigenvalue weighted by molar-refractivity contribution is 0.484. The third kappa shape index (κ3) is 3.92. The van der Waals surface area contributed by atoms with Gasteiger partial charge in [0.1, 0.15) is 17.3 Å². The maximum Gasteiger partial charge on any atom is 0.151 e. The van der Waals surface area contributed by atoms with Crippen molar-refractivity contribution in [1.29, 1.82) is 0 Å².